The molecule has 0 radical (unpaired) electrons. The fourth-order valence-electron chi connectivity index (χ4n) is 0.479. The second-order valence-electron chi connectivity index (χ2n) is 3.96. The highest BCUT2D eigenvalue weighted by molar-refractivity contribution is 7.80. The molecular formula is C9H22N2O6S. The van der Waals surface area contributed by atoms with E-state index in [1.807, 2.05) is 21.1 Å². The Morgan fingerprint density at radius 1 is 1.39 bits per heavy atom. The number of quaternary nitrogens is 1. The number of hydrogen-bond donors (Lipinski definition) is 1. The molecule has 0 fully saturated rings. The van der Waals surface area contributed by atoms with Crippen LogP contribution in [0.5, 0.6) is 0 Å². The van der Waals surface area contributed by atoms with E-state index in [1.165, 1.54) is 6.08 Å². The average Bonchev–Trinajstić information content (AvgIpc) is 2.15. The minimum atomic E-state index is -4.41. The number of carbonyl (C=O) groups is 1. The molecule has 0 bridgehead atoms. The summed E-state index contributed by atoms with van der Waals surface area (Å²) in [5, 5.41) is 0. The summed E-state index contributed by atoms with van der Waals surface area (Å²) in [7, 11) is 2.53. The van der Waals surface area contributed by atoms with Crippen molar-refractivity contribution in [3.8, 4) is 0 Å². The number of ether oxygens (including phenoxy) is 1. The zero-order valence-electron chi connectivity index (χ0n) is 11.2. The van der Waals surface area contributed by atoms with Crippen LogP contribution in [0.1, 0.15) is 0 Å². The Morgan fingerprint density at radius 2 is 1.78 bits per heavy atom. The molecule has 3 N–H and O–H groups in total. The van der Waals surface area contributed by atoms with Gasteiger partial charge in [0.2, 0.25) is 10.4 Å². The third kappa shape index (κ3) is 24.3. The van der Waals surface area contributed by atoms with Crippen molar-refractivity contribution < 1.29 is 31.2 Å². The molecule has 0 aliphatic rings. The van der Waals surface area contributed by atoms with Crippen LogP contribution in [-0.2, 0) is 24.1 Å². The Labute approximate surface area is 108 Å². The fourth-order valence-corrected chi connectivity index (χ4v) is 0.479. The van der Waals surface area contributed by atoms with Gasteiger partial charge in [0, 0.05) is 6.08 Å². The fraction of sp³-hybridized carbons (Fsp3) is 0.667. The van der Waals surface area contributed by atoms with Crippen molar-refractivity contribution in [3.05, 3.63) is 12.7 Å². The zero-order chi connectivity index (χ0) is 14.1. The van der Waals surface area contributed by atoms with Crippen LogP contribution in [0.3, 0.4) is 0 Å². The predicted octanol–water partition coefficient (Wildman–Crippen LogP) is -0.323. The minimum Gasteiger partial charge on any atom is -0.726 e. The average molecular weight is 286 g/mol. The van der Waals surface area contributed by atoms with Crippen LogP contribution >= 0.6 is 0 Å². The van der Waals surface area contributed by atoms with Crippen LogP contribution in [0, 0.1) is 0 Å². The molecule has 0 spiro atoms. The predicted molar refractivity (Wildman–Crippen MR) is 65.8 cm³/mol. The molecule has 0 aliphatic heterocycles. The van der Waals surface area contributed by atoms with Gasteiger partial charge in [-0.1, -0.05) is 6.58 Å². The molecule has 0 rings (SSSR count). The molecule has 0 aromatic carbocycles. The molecule has 0 saturated heterocycles. The molecular weight excluding hydrogens is 264 g/mol. The second-order valence-corrected chi connectivity index (χ2v) is 5.11. The van der Waals surface area contributed by atoms with Gasteiger partial charge in [-0.25, -0.2) is 13.2 Å². The van der Waals surface area contributed by atoms with Gasteiger partial charge in [0.05, 0.1) is 28.3 Å². The van der Waals surface area contributed by atoms with Crippen LogP contribution in [0.15, 0.2) is 12.7 Å². The molecule has 110 valence electrons. The topological polar surface area (TPSA) is 128 Å². The maximum absolute atomic E-state index is 10.6. The van der Waals surface area contributed by atoms with Crippen LogP contribution < -0.4 is 6.15 Å². The Bertz CT molecular complexity index is 333. The summed E-state index contributed by atoms with van der Waals surface area (Å²) in [5.74, 6) is -0.349. The lowest BCUT2D eigenvalue weighted by atomic mass is 10.5. The molecule has 8 nitrogen and oxygen atoms in total. The van der Waals surface area contributed by atoms with Crippen molar-refractivity contribution in [2.24, 2.45) is 0 Å². The minimum absolute atomic E-state index is 0. The first-order valence-corrected chi connectivity index (χ1v) is 5.96. The van der Waals surface area contributed by atoms with Crippen molar-refractivity contribution in [2.45, 2.75) is 0 Å². The van der Waals surface area contributed by atoms with Gasteiger partial charge in [0.1, 0.15) is 13.2 Å². The van der Waals surface area contributed by atoms with E-state index in [-0.39, 0.29) is 12.1 Å². The summed E-state index contributed by atoms with van der Waals surface area (Å²) < 4.78 is 36.6. The third-order valence-electron chi connectivity index (χ3n) is 1.38. The lowest BCUT2D eigenvalue weighted by Gasteiger charge is -2.23. The first kappa shape index (κ1) is 22.2. The van der Waals surface area contributed by atoms with Gasteiger partial charge in [-0.15, -0.1) is 0 Å². The normalized spacial score (nSPS) is 10.5. The summed E-state index contributed by atoms with van der Waals surface area (Å²) in [6.45, 7) is 4.57. The Hall–Kier alpha value is -1.00. The molecule has 0 aliphatic carbocycles. The standard InChI is InChI=1S/C8H16NO2.CH4O4S.H3N/c1-5-8(10)11-7-6-9(2,3)4;1-5-6(2,3)4;/h5H,1,6-7H2,2-4H3;1H3,(H,2,3,4);1H3/q+1;;/p-1. The molecule has 0 unspecified atom stereocenters. The lowest BCUT2D eigenvalue weighted by Crippen LogP contribution is -2.37. The van der Waals surface area contributed by atoms with Crippen molar-refractivity contribution in [1.82, 2.24) is 6.15 Å². The molecule has 0 aromatic heterocycles. The summed E-state index contributed by atoms with van der Waals surface area (Å²) in [6.07, 6.45) is 1.18. The molecule has 0 amide bonds. The lowest BCUT2D eigenvalue weighted by molar-refractivity contribution is -0.870. The molecule has 0 aromatic rings. The van der Waals surface area contributed by atoms with Crippen molar-refractivity contribution >= 4 is 16.4 Å². The smallest absolute Gasteiger partial charge is 0.330 e. The summed E-state index contributed by atoms with van der Waals surface area (Å²) >= 11 is 0. The zero-order valence-corrected chi connectivity index (χ0v) is 12.0. The molecule has 18 heavy (non-hydrogen) atoms. The summed E-state index contributed by atoms with van der Waals surface area (Å²) in [4.78, 5) is 10.6. The van der Waals surface area contributed by atoms with Gasteiger partial charge in [-0.05, 0) is 0 Å². The number of nitrogens with zero attached hydrogens (tertiary/aromatic N) is 1. The first-order chi connectivity index (χ1) is 7.52. The SMILES string of the molecule is C=CC(=O)OCC[N+](C)(C)C.COS(=O)(=O)[O-].N. The first-order valence-electron chi connectivity index (χ1n) is 4.63. The van der Waals surface area contributed by atoms with Crippen molar-refractivity contribution in [1.29, 1.82) is 0 Å². The van der Waals surface area contributed by atoms with Gasteiger partial charge in [-0.2, -0.15) is 0 Å². The Balaban J connectivity index is -0.000000277. The highest BCUT2D eigenvalue weighted by Crippen LogP contribution is 1.89. The van der Waals surface area contributed by atoms with Crippen molar-refractivity contribution in [2.75, 3.05) is 41.4 Å². The Kier molecular flexibility index (Phi) is 12.3. The number of carbonyl (C=O) groups excluding carboxylic acids is 1. The van der Waals surface area contributed by atoms with Crippen LogP contribution in [0.2, 0.25) is 0 Å². The number of rotatable bonds is 5. The largest absolute Gasteiger partial charge is 0.726 e. The van der Waals surface area contributed by atoms with Gasteiger partial charge in [-0.3, -0.25) is 4.18 Å². The summed E-state index contributed by atoms with van der Waals surface area (Å²) in [6, 6.07) is 0. The summed E-state index contributed by atoms with van der Waals surface area (Å²) in [5.41, 5.74) is 0. The maximum atomic E-state index is 10.6. The van der Waals surface area contributed by atoms with E-state index in [2.05, 4.69) is 10.8 Å². The monoisotopic (exact) mass is 286 g/mol. The maximum Gasteiger partial charge on any atom is 0.330 e. The van der Waals surface area contributed by atoms with E-state index >= 15 is 0 Å². The molecule has 0 heterocycles. The highest BCUT2D eigenvalue weighted by Gasteiger charge is 2.06. The van der Waals surface area contributed by atoms with E-state index in [0.717, 1.165) is 18.1 Å². The molecule has 0 saturated carbocycles. The highest BCUT2D eigenvalue weighted by atomic mass is 32.3. The van der Waals surface area contributed by atoms with Gasteiger partial charge in [0.15, 0.2) is 0 Å². The van der Waals surface area contributed by atoms with Gasteiger partial charge in [0.25, 0.3) is 0 Å². The Morgan fingerprint density at radius 3 is 2.00 bits per heavy atom. The number of hydrogen-bond acceptors (Lipinski definition) is 7. The molecule has 9 heteroatoms. The van der Waals surface area contributed by atoms with E-state index in [9.17, 15) is 17.8 Å². The third-order valence-corrected chi connectivity index (χ3v) is 1.79. The van der Waals surface area contributed by atoms with E-state index in [0.29, 0.717) is 6.61 Å². The number of likely N-dealkylation sites (N-methyl/N-ethyl adjacent to an activating group) is 1. The van der Waals surface area contributed by atoms with E-state index in [4.69, 9.17) is 4.74 Å². The quantitative estimate of drug-likeness (QED) is 0.241. The van der Waals surface area contributed by atoms with E-state index in [1.54, 1.807) is 0 Å². The number of esters is 1. The van der Waals surface area contributed by atoms with Crippen LogP contribution in [0.4, 0.5) is 0 Å². The molecule has 0 atom stereocenters. The van der Waals surface area contributed by atoms with E-state index < -0.39 is 10.4 Å². The van der Waals surface area contributed by atoms with Crippen LogP contribution in [-0.4, -0.2) is 64.8 Å². The van der Waals surface area contributed by atoms with Gasteiger partial charge < -0.3 is 19.9 Å². The second kappa shape index (κ2) is 9.97. The van der Waals surface area contributed by atoms with Crippen LogP contribution in [0.25, 0.3) is 0 Å². The van der Waals surface area contributed by atoms with Gasteiger partial charge >= 0.3 is 5.97 Å². The van der Waals surface area contributed by atoms with Crippen molar-refractivity contribution in [3.63, 3.8) is 0 Å².